The first kappa shape index (κ1) is 7.02. The van der Waals surface area contributed by atoms with Crippen molar-refractivity contribution in [3.8, 4) is 0 Å². The van der Waals surface area contributed by atoms with Gasteiger partial charge in [-0.05, 0) is 6.20 Å². The van der Waals surface area contributed by atoms with Crippen LogP contribution in [0.25, 0.3) is 0 Å². The smallest absolute Gasteiger partial charge is 0.0328 e. The van der Waals surface area contributed by atoms with Gasteiger partial charge in [0.2, 0.25) is 0 Å². The second-order valence-corrected chi connectivity index (χ2v) is 1.28. The summed E-state index contributed by atoms with van der Waals surface area (Å²) in [5, 5.41) is 2.91. The zero-order valence-electron chi connectivity index (χ0n) is 4.93. The van der Waals surface area contributed by atoms with Crippen LogP contribution in [0.3, 0.4) is 0 Å². The normalized spacial score (nSPS) is 9.00. The van der Waals surface area contributed by atoms with Gasteiger partial charge in [0, 0.05) is 6.54 Å². The number of nitrogens with one attached hydrogen (secondary N) is 1. The van der Waals surface area contributed by atoms with Gasteiger partial charge in [-0.1, -0.05) is 31.4 Å². The maximum absolute atomic E-state index is 3.52. The first-order valence-electron chi connectivity index (χ1n) is 2.53. The molecule has 0 bridgehead atoms. The van der Waals surface area contributed by atoms with Crippen molar-refractivity contribution in [2.75, 3.05) is 6.54 Å². The molecule has 0 rings (SSSR count). The van der Waals surface area contributed by atoms with Crippen molar-refractivity contribution in [3.05, 3.63) is 37.6 Å². The summed E-state index contributed by atoms with van der Waals surface area (Å²) in [7, 11) is 0. The third-order valence-electron chi connectivity index (χ3n) is 0.652. The van der Waals surface area contributed by atoms with Crippen LogP contribution in [-0.2, 0) is 0 Å². The largest absolute Gasteiger partial charge is 0.388 e. The highest BCUT2D eigenvalue weighted by Gasteiger charge is 1.64. The first-order valence-corrected chi connectivity index (χ1v) is 2.53. The van der Waals surface area contributed by atoms with Crippen LogP contribution in [0.4, 0.5) is 0 Å². The van der Waals surface area contributed by atoms with Crippen molar-refractivity contribution < 1.29 is 0 Å². The Kier molecular flexibility index (Phi) is 5.28. The Balaban J connectivity index is 3.02. The average molecular weight is 109 g/mol. The fraction of sp³-hybridized carbons (Fsp3) is 0.143. The summed E-state index contributed by atoms with van der Waals surface area (Å²) in [5.74, 6) is 0. The molecule has 0 radical (unpaired) electrons. The fourth-order valence-electron chi connectivity index (χ4n) is 0.316. The lowest BCUT2D eigenvalue weighted by molar-refractivity contribution is 0.990. The van der Waals surface area contributed by atoms with E-state index >= 15 is 0 Å². The van der Waals surface area contributed by atoms with Crippen LogP contribution in [0.15, 0.2) is 37.6 Å². The molecule has 8 heavy (non-hydrogen) atoms. The summed E-state index contributed by atoms with van der Waals surface area (Å²) in [6.07, 6.45) is 7.25. The van der Waals surface area contributed by atoms with Crippen molar-refractivity contribution in [2.45, 2.75) is 0 Å². The van der Waals surface area contributed by atoms with Gasteiger partial charge < -0.3 is 5.32 Å². The van der Waals surface area contributed by atoms with Gasteiger partial charge in [0.15, 0.2) is 0 Å². The number of hydrogen-bond donors (Lipinski definition) is 1. The maximum Gasteiger partial charge on any atom is 0.0328 e. The number of rotatable bonds is 4. The Labute approximate surface area is 50.4 Å². The Morgan fingerprint density at radius 2 is 2.12 bits per heavy atom. The van der Waals surface area contributed by atoms with Crippen LogP contribution < -0.4 is 5.32 Å². The summed E-state index contributed by atoms with van der Waals surface area (Å²) in [6.45, 7) is 7.83. The van der Waals surface area contributed by atoms with Gasteiger partial charge in [-0.3, -0.25) is 0 Å². The quantitative estimate of drug-likeness (QED) is 0.425. The number of hydrogen-bond acceptors (Lipinski definition) is 1. The molecule has 1 N–H and O–H groups in total. The Morgan fingerprint density at radius 3 is 2.62 bits per heavy atom. The summed E-state index contributed by atoms with van der Waals surface area (Å²) in [4.78, 5) is 0. The van der Waals surface area contributed by atoms with Crippen LogP contribution in [0.1, 0.15) is 0 Å². The van der Waals surface area contributed by atoms with Crippen LogP contribution in [-0.4, -0.2) is 6.54 Å². The van der Waals surface area contributed by atoms with Gasteiger partial charge in [-0.15, -0.1) is 0 Å². The molecule has 1 nitrogen and oxygen atoms in total. The van der Waals surface area contributed by atoms with Gasteiger partial charge in [0.1, 0.15) is 0 Å². The minimum atomic E-state index is 0.829. The van der Waals surface area contributed by atoms with Gasteiger partial charge in [-0.2, -0.15) is 0 Å². The molecule has 44 valence electrons. The second-order valence-electron chi connectivity index (χ2n) is 1.28. The zero-order valence-corrected chi connectivity index (χ0v) is 4.93. The lowest BCUT2D eigenvalue weighted by atomic mass is 10.5. The highest BCUT2D eigenvalue weighted by molar-refractivity contribution is 4.98. The van der Waals surface area contributed by atoms with Crippen molar-refractivity contribution in [1.82, 2.24) is 5.32 Å². The Hall–Kier alpha value is -0.980. The van der Waals surface area contributed by atoms with Crippen molar-refractivity contribution in [1.29, 1.82) is 0 Å². The van der Waals surface area contributed by atoms with Gasteiger partial charge in [0.25, 0.3) is 0 Å². The first-order chi connectivity index (χ1) is 3.91. The maximum atomic E-state index is 3.52. The fourth-order valence-corrected chi connectivity index (χ4v) is 0.316. The lowest BCUT2D eigenvalue weighted by Gasteiger charge is -1.87. The monoisotopic (exact) mass is 109 g/mol. The second kappa shape index (κ2) is 6.02. The van der Waals surface area contributed by atoms with Crippen LogP contribution in [0.2, 0.25) is 0 Å². The van der Waals surface area contributed by atoms with Crippen LogP contribution in [0, 0.1) is 0 Å². The molecule has 0 aliphatic carbocycles. The molecular formula is C7H11N. The molecule has 0 atom stereocenters. The lowest BCUT2D eigenvalue weighted by Crippen LogP contribution is -2.01. The molecule has 0 fully saturated rings. The van der Waals surface area contributed by atoms with Gasteiger partial charge in [-0.25, -0.2) is 0 Å². The molecule has 0 aromatic rings. The van der Waals surface area contributed by atoms with E-state index in [1.807, 2.05) is 12.2 Å². The molecule has 0 saturated carbocycles. The minimum Gasteiger partial charge on any atom is -0.388 e. The SMILES string of the molecule is C=C/C=C/CNC=C. The van der Waals surface area contributed by atoms with Crippen LogP contribution >= 0.6 is 0 Å². The van der Waals surface area contributed by atoms with E-state index in [1.165, 1.54) is 0 Å². The van der Waals surface area contributed by atoms with E-state index in [9.17, 15) is 0 Å². The molecule has 0 saturated heterocycles. The molecule has 0 unspecified atom stereocenters. The molecule has 0 heterocycles. The molecule has 1 heteroatoms. The van der Waals surface area contributed by atoms with Crippen molar-refractivity contribution in [3.63, 3.8) is 0 Å². The van der Waals surface area contributed by atoms with Crippen molar-refractivity contribution in [2.24, 2.45) is 0 Å². The van der Waals surface area contributed by atoms with Gasteiger partial charge in [0.05, 0.1) is 0 Å². The molecule has 0 aromatic carbocycles. The van der Waals surface area contributed by atoms with Crippen molar-refractivity contribution >= 4 is 0 Å². The van der Waals surface area contributed by atoms with E-state index in [-0.39, 0.29) is 0 Å². The third-order valence-corrected chi connectivity index (χ3v) is 0.652. The Bertz CT molecular complexity index is 92.6. The van der Waals surface area contributed by atoms with E-state index in [1.54, 1.807) is 12.3 Å². The van der Waals surface area contributed by atoms with E-state index in [2.05, 4.69) is 18.5 Å². The summed E-state index contributed by atoms with van der Waals surface area (Å²) < 4.78 is 0. The molecule has 0 amide bonds. The van der Waals surface area contributed by atoms with E-state index in [0.29, 0.717) is 0 Å². The van der Waals surface area contributed by atoms with Crippen LogP contribution in [0.5, 0.6) is 0 Å². The highest BCUT2D eigenvalue weighted by atomic mass is 14.8. The number of allylic oxidation sites excluding steroid dienone is 2. The summed E-state index contributed by atoms with van der Waals surface area (Å²) in [6, 6.07) is 0. The molecular weight excluding hydrogens is 98.1 g/mol. The molecule has 0 spiro atoms. The minimum absolute atomic E-state index is 0.829. The average Bonchev–Trinajstić information content (AvgIpc) is 1.81. The standard InChI is InChI=1S/C7H11N/c1-3-5-6-7-8-4-2/h3-6,8H,1-2,7H2/b6-5+. The topological polar surface area (TPSA) is 12.0 Å². The Morgan fingerprint density at radius 1 is 1.38 bits per heavy atom. The highest BCUT2D eigenvalue weighted by Crippen LogP contribution is 1.69. The molecule has 0 aliphatic rings. The summed E-state index contributed by atoms with van der Waals surface area (Å²) in [5.41, 5.74) is 0. The van der Waals surface area contributed by atoms with Gasteiger partial charge >= 0.3 is 0 Å². The third kappa shape index (κ3) is 5.02. The summed E-state index contributed by atoms with van der Waals surface area (Å²) >= 11 is 0. The van der Waals surface area contributed by atoms with E-state index in [0.717, 1.165) is 6.54 Å². The van der Waals surface area contributed by atoms with E-state index < -0.39 is 0 Å². The van der Waals surface area contributed by atoms with E-state index in [4.69, 9.17) is 0 Å². The molecule has 0 aromatic heterocycles. The molecule has 0 aliphatic heterocycles. The predicted molar refractivity (Wildman–Crippen MR) is 37.5 cm³/mol. The zero-order chi connectivity index (χ0) is 6.24. The predicted octanol–water partition coefficient (Wildman–Crippen LogP) is 1.46.